The number of nitrogens with two attached hydrogens (primary N) is 1. The van der Waals surface area contributed by atoms with Crippen molar-refractivity contribution in [1.82, 2.24) is 4.90 Å². The van der Waals surface area contributed by atoms with E-state index in [2.05, 4.69) is 37.1 Å². The summed E-state index contributed by atoms with van der Waals surface area (Å²) in [6.07, 6.45) is 1.87. The van der Waals surface area contributed by atoms with Gasteiger partial charge in [-0.3, -0.25) is 9.69 Å². The van der Waals surface area contributed by atoms with Gasteiger partial charge in [0, 0.05) is 24.8 Å². The molecular formula is C17H27N3O. The van der Waals surface area contributed by atoms with E-state index in [4.69, 9.17) is 5.73 Å². The number of amides is 1. The van der Waals surface area contributed by atoms with E-state index in [1.807, 2.05) is 18.2 Å². The summed E-state index contributed by atoms with van der Waals surface area (Å²) >= 11 is 0. The van der Waals surface area contributed by atoms with E-state index in [1.54, 1.807) is 0 Å². The van der Waals surface area contributed by atoms with Gasteiger partial charge in [-0.15, -0.1) is 0 Å². The van der Waals surface area contributed by atoms with Crippen LogP contribution in [0.5, 0.6) is 0 Å². The van der Waals surface area contributed by atoms with Gasteiger partial charge in [0.05, 0.1) is 6.54 Å². The van der Waals surface area contributed by atoms with Gasteiger partial charge in [-0.05, 0) is 29.9 Å². The Balaban J connectivity index is 1.93. The van der Waals surface area contributed by atoms with Crippen LogP contribution in [0.4, 0.5) is 5.69 Å². The third kappa shape index (κ3) is 4.05. The Hall–Kier alpha value is -1.39. The van der Waals surface area contributed by atoms with Gasteiger partial charge in [0.25, 0.3) is 0 Å². The van der Waals surface area contributed by atoms with Crippen LogP contribution in [0.15, 0.2) is 24.3 Å². The zero-order valence-corrected chi connectivity index (χ0v) is 13.4. The van der Waals surface area contributed by atoms with Gasteiger partial charge in [0.2, 0.25) is 5.91 Å². The molecule has 1 aliphatic heterocycles. The average molecular weight is 289 g/mol. The molecule has 0 spiro atoms. The van der Waals surface area contributed by atoms with Crippen molar-refractivity contribution < 1.29 is 4.79 Å². The smallest absolute Gasteiger partial charge is 0.238 e. The fourth-order valence-electron chi connectivity index (χ4n) is 2.96. The molecule has 1 amide bonds. The summed E-state index contributed by atoms with van der Waals surface area (Å²) < 4.78 is 0. The predicted molar refractivity (Wildman–Crippen MR) is 87.3 cm³/mol. The van der Waals surface area contributed by atoms with Gasteiger partial charge in [-0.2, -0.15) is 0 Å². The van der Waals surface area contributed by atoms with Gasteiger partial charge >= 0.3 is 0 Å². The first-order valence-electron chi connectivity index (χ1n) is 7.78. The van der Waals surface area contributed by atoms with Gasteiger partial charge in [0.15, 0.2) is 0 Å². The summed E-state index contributed by atoms with van der Waals surface area (Å²) in [5.41, 5.74) is 8.31. The van der Waals surface area contributed by atoms with Gasteiger partial charge in [-0.1, -0.05) is 39.0 Å². The summed E-state index contributed by atoms with van der Waals surface area (Å²) in [6.45, 7) is 8.65. The topological polar surface area (TPSA) is 58.4 Å². The molecule has 1 fully saturated rings. The van der Waals surface area contributed by atoms with Crippen LogP contribution in [0.1, 0.15) is 32.8 Å². The van der Waals surface area contributed by atoms with Crippen molar-refractivity contribution in [3.63, 3.8) is 0 Å². The van der Waals surface area contributed by atoms with Crippen LogP contribution in [0.2, 0.25) is 0 Å². The lowest BCUT2D eigenvalue weighted by Crippen LogP contribution is -2.53. The summed E-state index contributed by atoms with van der Waals surface area (Å²) in [6, 6.07) is 8.20. The monoisotopic (exact) mass is 289 g/mol. The number of para-hydroxylation sites is 1. The molecule has 0 saturated carbocycles. The Labute approximate surface area is 127 Å². The van der Waals surface area contributed by atoms with Gasteiger partial charge in [0.1, 0.15) is 0 Å². The normalized spacial score (nSPS) is 22.0. The lowest BCUT2D eigenvalue weighted by Gasteiger charge is -2.42. The zero-order valence-electron chi connectivity index (χ0n) is 13.4. The molecule has 1 atom stereocenters. The van der Waals surface area contributed by atoms with Crippen molar-refractivity contribution in [2.45, 2.75) is 39.7 Å². The van der Waals surface area contributed by atoms with E-state index in [0.717, 1.165) is 31.6 Å². The highest BCUT2D eigenvalue weighted by molar-refractivity contribution is 5.93. The van der Waals surface area contributed by atoms with Crippen LogP contribution in [0, 0.1) is 5.41 Å². The van der Waals surface area contributed by atoms with Crippen molar-refractivity contribution >= 4 is 11.6 Å². The third-order valence-corrected chi connectivity index (χ3v) is 4.43. The summed E-state index contributed by atoms with van der Waals surface area (Å²) in [4.78, 5) is 14.5. The predicted octanol–water partition coefficient (Wildman–Crippen LogP) is 2.25. The molecule has 0 aromatic heterocycles. The molecular weight excluding hydrogens is 262 g/mol. The maximum Gasteiger partial charge on any atom is 0.238 e. The Morgan fingerprint density at radius 3 is 2.81 bits per heavy atom. The van der Waals surface area contributed by atoms with Crippen molar-refractivity contribution in [2.75, 3.05) is 25.0 Å². The fraction of sp³-hybridized carbons (Fsp3) is 0.588. The van der Waals surface area contributed by atoms with E-state index in [1.165, 1.54) is 5.56 Å². The number of carbonyl (C=O) groups excluding carboxylic acids is 1. The highest BCUT2D eigenvalue weighted by Crippen LogP contribution is 2.27. The minimum Gasteiger partial charge on any atom is -0.327 e. The van der Waals surface area contributed by atoms with Gasteiger partial charge in [-0.25, -0.2) is 0 Å². The number of likely N-dealkylation sites (tertiary alicyclic amines) is 1. The number of aryl methyl sites for hydroxylation is 1. The molecule has 1 aromatic carbocycles. The number of hydrogen-bond donors (Lipinski definition) is 2. The molecule has 2 rings (SSSR count). The average Bonchev–Trinajstić information content (AvgIpc) is 2.43. The number of carbonyl (C=O) groups is 1. The van der Waals surface area contributed by atoms with E-state index < -0.39 is 0 Å². The fourth-order valence-corrected chi connectivity index (χ4v) is 2.96. The molecule has 0 aliphatic carbocycles. The molecule has 116 valence electrons. The Morgan fingerprint density at radius 2 is 2.14 bits per heavy atom. The lowest BCUT2D eigenvalue weighted by molar-refractivity contribution is -0.118. The number of nitrogens with zero attached hydrogens (tertiary/aromatic N) is 1. The minimum atomic E-state index is 0.0576. The summed E-state index contributed by atoms with van der Waals surface area (Å²) in [5, 5.41) is 3.04. The Bertz CT molecular complexity index is 499. The number of rotatable bonds is 4. The second-order valence-corrected chi connectivity index (χ2v) is 6.65. The molecule has 3 N–H and O–H groups in total. The molecule has 4 nitrogen and oxygen atoms in total. The van der Waals surface area contributed by atoms with Crippen molar-refractivity contribution in [2.24, 2.45) is 11.1 Å². The minimum absolute atomic E-state index is 0.0576. The molecule has 0 bridgehead atoms. The SMILES string of the molecule is CCc1ccccc1NC(=O)CN1CCC(N)C(C)(C)C1. The van der Waals surface area contributed by atoms with Crippen LogP contribution in [0.3, 0.4) is 0 Å². The molecule has 1 unspecified atom stereocenters. The highest BCUT2D eigenvalue weighted by Gasteiger charge is 2.33. The Morgan fingerprint density at radius 1 is 1.43 bits per heavy atom. The molecule has 1 heterocycles. The maximum absolute atomic E-state index is 12.3. The van der Waals surface area contributed by atoms with E-state index in [9.17, 15) is 4.79 Å². The molecule has 0 radical (unpaired) electrons. The second kappa shape index (κ2) is 6.58. The number of piperidine rings is 1. The first-order chi connectivity index (χ1) is 9.92. The number of nitrogens with one attached hydrogen (secondary N) is 1. The molecule has 4 heteroatoms. The largest absolute Gasteiger partial charge is 0.327 e. The third-order valence-electron chi connectivity index (χ3n) is 4.43. The van der Waals surface area contributed by atoms with E-state index >= 15 is 0 Å². The number of hydrogen-bond acceptors (Lipinski definition) is 3. The second-order valence-electron chi connectivity index (χ2n) is 6.65. The standard InChI is InChI=1S/C17H27N3O/c1-4-13-7-5-6-8-14(13)19-16(21)11-20-10-9-15(18)17(2,3)12-20/h5-8,15H,4,9-12,18H2,1-3H3,(H,19,21). The first-order valence-corrected chi connectivity index (χ1v) is 7.78. The van der Waals surface area contributed by atoms with E-state index in [0.29, 0.717) is 6.54 Å². The number of benzene rings is 1. The molecule has 1 aliphatic rings. The first kappa shape index (κ1) is 16.0. The number of anilines is 1. The van der Waals surface area contributed by atoms with Crippen LogP contribution < -0.4 is 11.1 Å². The van der Waals surface area contributed by atoms with Crippen LogP contribution >= 0.6 is 0 Å². The van der Waals surface area contributed by atoms with Gasteiger partial charge < -0.3 is 11.1 Å². The molecule has 1 saturated heterocycles. The Kier molecular flexibility index (Phi) is 5.01. The highest BCUT2D eigenvalue weighted by atomic mass is 16.2. The van der Waals surface area contributed by atoms with Crippen molar-refractivity contribution in [1.29, 1.82) is 0 Å². The molecule has 21 heavy (non-hydrogen) atoms. The molecule has 1 aromatic rings. The summed E-state index contributed by atoms with van der Waals surface area (Å²) in [7, 11) is 0. The van der Waals surface area contributed by atoms with E-state index in [-0.39, 0.29) is 17.4 Å². The quantitative estimate of drug-likeness (QED) is 0.894. The van der Waals surface area contributed by atoms with Crippen LogP contribution in [-0.2, 0) is 11.2 Å². The zero-order chi connectivity index (χ0) is 15.5. The lowest BCUT2D eigenvalue weighted by atomic mass is 9.80. The maximum atomic E-state index is 12.3. The summed E-state index contributed by atoms with van der Waals surface area (Å²) in [5.74, 6) is 0.0576. The van der Waals surface area contributed by atoms with Crippen LogP contribution in [0.25, 0.3) is 0 Å². The van der Waals surface area contributed by atoms with Crippen LogP contribution in [-0.4, -0.2) is 36.5 Å². The van der Waals surface area contributed by atoms with Crippen molar-refractivity contribution in [3.05, 3.63) is 29.8 Å². The van der Waals surface area contributed by atoms with Crippen molar-refractivity contribution in [3.8, 4) is 0 Å².